The molecule has 2 fully saturated rings. The van der Waals surface area contributed by atoms with Crippen LogP contribution < -0.4 is 5.32 Å². The molecular weight excluding hydrogens is 322 g/mol. The predicted octanol–water partition coefficient (Wildman–Crippen LogP) is 0.0208. The number of imide groups is 1. The van der Waals surface area contributed by atoms with E-state index in [-0.39, 0.29) is 19.7 Å². The second-order valence-electron chi connectivity index (χ2n) is 5.52. The van der Waals surface area contributed by atoms with E-state index >= 15 is 0 Å². The molecule has 0 bridgehead atoms. The van der Waals surface area contributed by atoms with Crippen molar-refractivity contribution in [1.82, 2.24) is 15.1 Å². The maximum Gasteiger partial charge on any atom is 0.328 e. The van der Waals surface area contributed by atoms with Crippen molar-refractivity contribution in [2.45, 2.75) is 45.6 Å². The highest BCUT2D eigenvalue weighted by atomic mass is 16.6. The van der Waals surface area contributed by atoms with Crippen LogP contribution in [0.25, 0.3) is 0 Å². The average Bonchev–Trinajstić information content (AvgIpc) is 2.87. The molecule has 2 saturated heterocycles. The predicted molar refractivity (Wildman–Crippen MR) is 78.5 cm³/mol. The van der Waals surface area contributed by atoms with Crippen LogP contribution in [-0.2, 0) is 23.8 Å². The molecular formula is C14H21N3O7. The van der Waals surface area contributed by atoms with Gasteiger partial charge in [-0.15, -0.1) is 0 Å². The van der Waals surface area contributed by atoms with Crippen LogP contribution in [0.3, 0.4) is 0 Å². The summed E-state index contributed by atoms with van der Waals surface area (Å²) in [6.45, 7) is 4.72. The van der Waals surface area contributed by atoms with Crippen LogP contribution in [0.15, 0.2) is 0 Å². The van der Waals surface area contributed by atoms with E-state index in [9.17, 15) is 19.2 Å². The van der Waals surface area contributed by atoms with E-state index in [0.717, 1.165) is 0 Å². The van der Waals surface area contributed by atoms with Crippen LogP contribution in [-0.4, -0.2) is 72.1 Å². The topological polar surface area (TPSA) is 114 Å². The number of esters is 2. The van der Waals surface area contributed by atoms with Gasteiger partial charge in [-0.3, -0.25) is 19.8 Å². The molecule has 4 amide bonds. The molecule has 2 aliphatic rings. The number of urea groups is 2. The largest absolute Gasteiger partial charge is 0.463 e. The first-order chi connectivity index (χ1) is 11.3. The number of ether oxygens (including phenoxy) is 3. The number of amides is 4. The van der Waals surface area contributed by atoms with Gasteiger partial charge in [-0.25, -0.2) is 9.59 Å². The Morgan fingerprint density at radius 2 is 1.96 bits per heavy atom. The zero-order chi connectivity index (χ0) is 17.9. The van der Waals surface area contributed by atoms with Crippen molar-refractivity contribution in [2.24, 2.45) is 0 Å². The fourth-order valence-electron chi connectivity index (χ4n) is 2.60. The smallest absolute Gasteiger partial charge is 0.328 e. The molecule has 0 unspecified atom stereocenters. The molecule has 0 spiro atoms. The third-order valence-electron chi connectivity index (χ3n) is 3.76. The van der Waals surface area contributed by atoms with Gasteiger partial charge in [-0.1, -0.05) is 0 Å². The fraction of sp³-hybridized carbons (Fsp3) is 0.714. The van der Waals surface area contributed by atoms with Gasteiger partial charge < -0.3 is 19.1 Å². The maximum atomic E-state index is 12.0. The summed E-state index contributed by atoms with van der Waals surface area (Å²) in [6, 6.07) is -1.05. The Morgan fingerprint density at radius 1 is 1.25 bits per heavy atom. The Kier molecular flexibility index (Phi) is 5.60. The minimum atomic E-state index is -0.697. The van der Waals surface area contributed by atoms with E-state index in [1.54, 1.807) is 6.92 Å². The van der Waals surface area contributed by atoms with Crippen LogP contribution >= 0.6 is 0 Å². The van der Waals surface area contributed by atoms with Crippen LogP contribution in [0.1, 0.15) is 27.2 Å². The molecule has 0 aromatic carbocycles. The second kappa shape index (κ2) is 7.47. The summed E-state index contributed by atoms with van der Waals surface area (Å²) >= 11 is 0. The molecule has 0 aliphatic carbocycles. The highest BCUT2D eigenvalue weighted by Gasteiger charge is 2.44. The molecule has 2 rings (SSSR count). The number of hydrogen-bond acceptors (Lipinski definition) is 7. The first kappa shape index (κ1) is 18.0. The molecule has 2 aliphatic heterocycles. The van der Waals surface area contributed by atoms with Gasteiger partial charge in [0, 0.05) is 26.8 Å². The van der Waals surface area contributed by atoms with Gasteiger partial charge in [0.2, 0.25) is 0 Å². The highest BCUT2D eigenvalue weighted by molar-refractivity contribution is 5.95. The van der Waals surface area contributed by atoms with E-state index in [2.05, 4.69) is 5.32 Å². The molecule has 0 aromatic heterocycles. The summed E-state index contributed by atoms with van der Waals surface area (Å²) in [5.41, 5.74) is 0. The van der Waals surface area contributed by atoms with Crippen molar-refractivity contribution in [3.8, 4) is 0 Å². The first-order valence-corrected chi connectivity index (χ1v) is 7.64. The molecule has 3 atom stereocenters. The third kappa shape index (κ3) is 4.13. The highest BCUT2D eigenvalue weighted by Crippen LogP contribution is 2.27. The van der Waals surface area contributed by atoms with Crippen LogP contribution in [0.2, 0.25) is 0 Å². The molecule has 0 saturated carbocycles. The van der Waals surface area contributed by atoms with E-state index < -0.39 is 42.4 Å². The number of nitrogens with zero attached hydrogens (tertiary/aromatic N) is 2. The molecule has 24 heavy (non-hydrogen) atoms. The summed E-state index contributed by atoms with van der Waals surface area (Å²) in [7, 11) is 0. The van der Waals surface area contributed by atoms with Crippen LogP contribution in [0.5, 0.6) is 0 Å². The summed E-state index contributed by atoms with van der Waals surface area (Å²) in [5.74, 6) is -0.979. The van der Waals surface area contributed by atoms with Crippen LogP contribution in [0, 0.1) is 0 Å². The summed E-state index contributed by atoms with van der Waals surface area (Å²) < 4.78 is 15.8. The Hall–Kier alpha value is -2.36. The number of rotatable bonds is 5. The number of hydrogen-bond donors (Lipinski definition) is 1. The lowest BCUT2D eigenvalue weighted by Crippen LogP contribution is -2.61. The first-order valence-electron chi connectivity index (χ1n) is 7.64. The normalized spacial score (nSPS) is 27.0. The lowest BCUT2D eigenvalue weighted by Gasteiger charge is -2.37. The van der Waals surface area contributed by atoms with Crippen molar-refractivity contribution >= 4 is 24.0 Å². The molecule has 0 radical (unpaired) electrons. The van der Waals surface area contributed by atoms with E-state index in [4.69, 9.17) is 14.2 Å². The van der Waals surface area contributed by atoms with Crippen LogP contribution in [0.4, 0.5) is 9.59 Å². The standard InChI is InChI=1S/C14H21N3O7/c1-4-16-7-17(14(21)15-13(16)20)12-5-10(23-9(3)19)11(24-12)6-22-8(2)18/h10-12H,4-7H2,1-3H3,(H,15,20,21)/t10-,11+,12+/m0/s1. The van der Waals surface area contributed by atoms with Gasteiger partial charge >= 0.3 is 24.0 Å². The maximum absolute atomic E-state index is 12.0. The Balaban J connectivity index is 2.07. The van der Waals surface area contributed by atoms with Crippen molar-refractivity contribution in [1.29, 1.82) is 0 Å². The van der Waals surface area contributed by atoms with E-state index in [1.807, 2.05) is 0 Å². The summed E-state index contributed by atoms with van der Waals surface area (Å²) in [5, 5.41) is 2.23. The van der Waals surface area contributed by atoms with Gasteiger partial charge in [0.1, 0.15) is 31.7 Å². The van der Waals surface area contributed by atoms with E-state index in [0.29, 0.717) is 6.54 Å². The van der Waals surface area contributed by atoms with Gasteiger partial charge in [0.05, 0.1) is 0 Å². The monoisotopic (exact) mass is 343 g/mol. The lowest BCUT2D eigenvalue weighted by atomic mass is 10.2. The number of carbonyl (C=O) groups excluding carboxylic acids is 4. The summed E-state index contributed by atoms with van der Waals surface area (Å²) in [6.07, 6.45) is -1.79. The zero-order valence-corrected chi connectivity index (χ0v) is 13.8. The second-order valence-corrected chi connectivity index (χ2v) is 5.52. The number of carbonyl (C=O) groups is 4. The molecule has 10 heteroatoms. The van der Waals surface area contributed by atoms with Gasteiger partial charge in [-0.2, -0.15) is 0 Å². The van der Waals surface area contributed by atoms with Crippen molar-refractivity contribution < 1.29 is 33.4 Å². The molecule has 10 nitrogen and oxygen atoms in total. The fourth-order valence-corrected chi connectivity index (χ4v) is 2.60. The lowest BCUT2D eigenvalue weighted by molar-refractivity contribution is -0.156. The van der Waals surface area contributed by atoms with Crippen molar-refractivity contribution in [3.63, 3.8) is 0 Å². The minimum absolute atomic E-state index is 0.0684. The van der Waals surface area contributed by atoms with Gasteiger partial charge in [0.25, 0.3) is 0 Å². The third-order valence-corrected chi connectivity index (χ3v) is 3.76. The molecule has 0 aromatic rings. The molecule has 134 valence electrons. The summed E-state index contributed by atoms with van der Waals surface area (Å²) in [4.78, 5) is 48.7. The van der Waals surface area contributed by atoms with Crippen molar-refractivity contribution in [2.75, 3.05) is 19.8 Å². The van der Waals surface area contributed by atoms with E-state index in [1.165, 1.54) is 23.6 Å². The number of nitrogens with one attached hydrogen (secondary N) is 1. The SMILES string of the molecule is CCN1CN([C@H]2C[C@H](OC(C)=O)[C@@H](COC(C)=O)O2)C(=O)NC1=O. The average molecular weight is 343 g/mol. The van der Waals surface area contributed by atoms with Crippen molar-refractivity contribution in [3.05, 3.63) is 0 Å². The Labute approximate surface area is 139 Å². The Bertz CT molecular complexity index is 538. The van der Waals surface area contributed by atoms with Gasteiger partial charge in [0.15, 0.2) is 0 Å². The molecule has 2 heterocycles. The minimum Gasteiger partial charge on any atom is -0.463 e. The Morgan fingerprint density at radius 3 is 2.54 bits per heavy atom. The molecule has 1 N–H and O–H groups in total. The quantitative estimate of drug-likeness (QED) is 0.700. The zero-order valence-electron chi connectivity index (χ0n) is 13.8. The van der Waals surface area contributed by atoms with Gasteiger partial charge in [-0.05, 0) is 6.92 Å².